The summed E-state index contributed by atoms with van der Waals surface area (Å²) >= 11 is 0. The maximum Gasteiger partial charge on any atom is 0.305 e. The van der Waals surface area contributed by atoms with E-state index in [2.05, 4.69) is 26.8 Å². The number of ether oxygens (including phenoxy) is 1. The molecule has 0 aliphatic heterocycles. The van der Waals surface area contributed by atoms with E-state index in [9.17, 15) is 9.90 Å². The van der Waals surface area contributed by atoms with Crippen LogP contribution >= 0.6 is 0 Å². The fourth-order valence-corrected chi connectivity index (χ4v) is 8.13. The van der Waals surface area contributed by atoms with Crippen molar-refractivity contribution in [3.05, 3.63) is 11.6 Å². The molecular formula is C25H40O3. The van der Waals surface area contributed by atoms with E-state index in [-0.39, 0.29) is 12.1 Å². The van der Waals surface area contributed by atoms with Gasteiger partial charge in [-0.1, -0.05) is 32.4 Å². The molecule has 3 saturated carbocycles. The smallest absolute Gasteiger partial charge is 0.305 e. The third-order valence-corrected chi connectivity index (χ3v) is 9.79. The van der Waals surface area contributed by atoms with E-state index in [1.807, 2.05) is 0 Å². The zero-order chi connectivity index (χ0) is 20.1. The van der Waals surface area contributed by atoms with Gasteiger partial charge in [0.2, 0.25) is 0 Å². The summed E-state index contributed by atoms with van der Waals surface area (Å²) < 4.78 is 4.87. The van der Waals surface area contributed by atoms with Gasteiger partial charge >= 0.3 is 5.97 Å². The fourth-order valence-electron chi connectivity index (χ4n) is 8.13. The Morgan fingerprint density at radius 1 is 1.25 bits per heavy atom. The Hall–Kier alpha value is -0.830. The highest BCUT2D eigenvalue weighted by Crippen LogP contribution is 2.66. The normalized spacial score (nSPS) is 46.0. The molecule has 0 bridgehead atoms. The Morgan fingerprint density at radius 2 is 2.04 bits per heavy atom. The largest absolute Gasteiger partial charge is 0.469 e. The van der Waals surface area contributed by atoms with Crippen molar-refractivity contribution in [1.82, 2.24) is 0 Å². The molecule has 4 aliphatic rings. The molecule has 4 rings (SSSR count). The van der Waals surface area contributed by atoms with Crippen molar-refractivity contribution in [2.45, 2.75) is 91.1 Å². The monoisotopic (exact) mass is 388 g/mol. The first kappa shape index (κ1) is 20.4. The number of hydrogen-bond acceptors (Lipinski definition) is 3. The van der Waals surface area contributed by atoms with E-state index in [1.54, 1.807) is 5.57 Å². The van der Waals surface area contributed by atoms with E-state index < -0.39 is 0 Å². The van der Waals surface area contributed by atoms with Crippen molar-refractivity contribution < 1.29 is 14.6 Å². The van der Waals surface area contributed by atoms with Gasteiger partial charge in [0.05, 0.1) is 13.2 Å². The van der Waals surface area contributed by atoms with Crippen LogP contribution in [0.15, 0.2) is 11.6 Å². The van der Waals surface area contributed by atoms with Crippen molar-refractivity contribution in [2.24, 2.45) is 40.4 Å². The quantitative estimate of drug-likeness (QED) is 0.510. The Labute approximate surface area is 171 Å². The minimum Gasteiger partial charge on any atom is -0.469 e. The summed E-state index contributed by atoms with van der Waals surface area (Å²) in [6, 6.07) is 0. The maximum atomic E-state index is 11.6. The molecule has 3 nitrogen and oxygen atoms in total. The van der Waals surface area contributed by atoms with Crippen LogP contribution in [0.25, 0.3) is 0 Å². The first-order valence-corrected chi connectivity index (χ1v) is 11.7. The van der Waals surface area contributed by atoms with Gasteiger partial charge in [0.25, 0.3) is 0 Å². The van der Waals surface area contributed by atoms with E-state index in [0.29, 0.717) is 29.1 Å². The molecule has 0 saturated heterocycles. The number of aliphatic hydroxyl groups is 1. The molecule has 158 valence electrons. The first-order chi connectivity index (χ1) is 13.3. The summed E-state index contributed by atoms with van der Waals surface area (Å²) in [6.45, 7) is 7.42. The second kappa shape index (κ2) is 7.45. The average molecular weight is 389 g/mol. The number of methoxy groups -OCH3 is 1. The standard InChI is InChI=1S/C25H40O3/c1-16(5-10-23(27)28-4)20-8-9-21-19-7-6-17-15-18(26)11-13-24(17,2)22(19)12-14-25(20,21)3/h12,16-21,26H,5-11,13-15H2,1-4H3/t16-,17-,18-,19?,20-,21?,24+,25-/m1/s1. The van der Waals surface area contributed by atoms with E-state index in [0.717, 1.165) is 37.0 Å². The van der Waals surface area contributed by atoms with Crippen LogP contribution < -0.4 is 0 Å². The van der Waals surface area contributed by atoms with Crippen molar-refractivity contribution in [3.63, 3.8) is 0 Å². The Kier molecular flexibility index (Phi) is 5.44. The lowest BCUT2D eigenvalue weighted by Crippen LogP contribution is -2.48. The lowest BCUT2D eigenvalue weighted by Gasteiger charge is -2.57. The van der Waals surface area contributed by atoms with Crippen LogP contribution in [0.2, 0.25) is 0 Å². The van der Waals surface area contributed by atoms with Gasteiger partial charge in [0.1, 0.15) is 0 Å². The first-order valence-electron chi connectivity index (χ1n) is 11.7. The highest BCUT2D eigenvalue weighted by Gasteiger charge is 2.57. The molecule has 0 heterocycles. The van der Waals surface area contributed by atoms with E-state index in [4.69, 9.17) is 4.74 Å². The molecule has 0 amide bonds. The molecule has 8 atom stereocenters. The van der Waals surface area contributed by atoms with Crippen LogP contribution in [0.4, 0.5) is 0 Å². The number of esters is 1. The summed E-state index contributed by atoms with van der Waals surface area (Å²) in [5.41, 5.74) is 2.49. The number of hydrogen-bond donors (Lipinski definition) is 1. The highest BCUT2D eigenvalue weighted by molar-refractivity contribution is 5.69. The SMILES string of the molecule is COC(=O)CC[C@@H](C)[C@H]1CCC2C3CC[C@@H]4C[C@H](O)CC[C@]4(C)C3=CC[C@@]21C. The molecule has 3 fully saturated rings. The number of rotatable bonds is 4. The topological polar surface area (TPSA) is 46.5 Å². The summed E-state index contributed by atoms with van der Waals surface area (Å²) in [7, 11) is 1.49. The fraction of sp³-hybridized carbons (Fsp3) is 0.880. The molecule has 0 radical (unpaired) electrons. The van der Waals surface area contributed by atoms with Gasteiger partial charge in [-0.25, -0.2) is 0 Å². The highest BCUT2D eigenvalue weighted by atomic mass is 16.5. The van der Waals surface area contributed by atoms with Crippen molar-refractivity contribution in [2.75, 3.05) is 7.11 Å². The summed E-state index contributed by atoms with van der Waals surface area (Å²) in [6.07, 6.45) is 13.8. The number of fused-ring (bicyclic) bond motifs is 5. The molecule has 3 heteroatoms. The number of allylic oxidation sites excluding steroid dienone is 2. The van der Waals surface area contributed by atoms with Crippen LogP contribution in [0, 0.1) is 40.4 Å². The van der Waals surface area contributed by atoms with Gasteiger partial charge in [0.15, 0.2) is 0 Å². The van der Waals surface area contributed by atoms with Crippen LogP contribution in [-0.4, -0.2) is 24.3 Å². The lowest BCUT2D eigenvalue weighted by atomic mass is 9.48. The average Bonchev–Trinajstić information content (AvgIpc) is 3.03. The van der Waals surface area contributed by atoms with Crippen molar-refractivity contribution in [3.8, 4) is 0 Å². The molecule has 0 aromatic rings. The van der Waals surface area contributed by atoms with Crippen LogP contribution in [0.5, 0.6) is 0 Å². The van der Waals surface area contributed by atoms with Crippen LogP contribution in [0.1, 0.15) is 85.0 Å². The van der Waals surface area contributed by atoms with Gasteiger partial charge in [-0.2, -0.15) is 0 Å². The van der Waals surface area contributed by atoms with Gasteiger partial charge in [-0.15, -0.1) is 0 Å². The summed E-state index contributed by atoms with van der Waals surface area (Å²) in [4.78, 5) is 11.6. The second-order valence-corrected chi connectivity index (χ2v) is 11.0. The predicted octanol–water partition coefficient (Wildman–Crippen LogP) is 5.52. The molecule has 0 aromatic carbocycles. The molecule has 0 aromatic heterocycles. The van der Waals surface area contributed by atoms with Crippen molar-refractivity contribution >= 4 is 5.97 Å². The minimum absolute atomic E-state index is 0.0666. The van der Waals surface area contributed by atoms with Gasteiger partial charge in [0, 0.05) is 6.42 Å². The van der Waals surface area contributed by atoms with Crippen LogP contribution in [-0.2, 0) is 9.53 Å². The third-order valence-electron chi connectivity index (χ3n) is 9.79. The molecule has 28 heavy (non-hydrogen) atoms. The zero-order valence-corrected chi connectivity index (χ0v) is 18.4. The minimum atomic E-state index is -0.0735. The molecule has 0 spiro atoms. The van der Waals surface area contributed by atoms with E-state index >= 15 is 0 Å². The second-order valence-electron chi connectivity index (χ2n) is 11.0. The molecule has 1 N–H and O–H groups in total. The molecular weight excluding hydrogens is 348 g/mol. The number of carbonyl (C=O) groups excluding carboxylic acids is 1. The number of carbonyl (C=O) groups is 1. The summed E-state index contributed by atoms with van der Waals surface area (Å²) in [5, 5.41) is 10.2. The van der Waals surface area contributed by atoms with Gasteiger partial charge in [-0.05, 0) is 98.2 Å². The van der Waals surface area contributed by atoms with Gasteiger partial charge < -0.3 is 9.84 Å². The Bertz CT molecular complexity index is 640. The zero-order valence-electron chi connectivity index (χ0n) is 18.4. The Morgan fingerprint density at radius 3 is 2.79 bits per heavy atom. The molecule has 2 unspecified atom stereocenters. The summed E-state index contributed by atoms with van der Waals surface area (Å²) in [5.74, 6) is 3.48. The number of aliphatic hydroxyl groups excluding tert-OH is 1. The van der Waals surface area contributed by atoms with E-state index in [1.165, 1.54) is 45.6 Å². The molecule has 4 aliphatic carbocycles. The third kappa shape index (κ3) is 3.16. The van der Waals surface area contributed by atoms with Crippen molar-refractivity contribution in [1.29, 1.82) is 0 Å². The maximum absolute atomic E-state index is 11.6. The Balaban J connectivity index is 1.53. The predicted molar refractivity (Wildman–Crippen MR) is 112 cm³/mol. The van der Waals surface area contributed by atoms with Crippen LogP contribution in [0.3, 0.4) is 0 Å². The lowest BCUT2D eigenvalue weighted by molar-refractivity contribution is -0.141. The van der Waals surface area contributed by atoms with Gasteiger partial charge in [-0.3, -0.25) is 4.79 Å².